The smallest absolute Gasteiger partial charge is 0.291 e. The van der Waals surface area contributed by atoms with Crippen molar-refractivity contribution in [2.45, 2.75) is 71.4 Å². The van der Waals surface area contributed by atoms with Crippen molar-refractivity contribution in [1.29, 1.82) is 0 Å². The number of ketones is 1. The maximum absolute atomic E-state index is 13.4. The number of carbonyl (C=O) groups is 3. The molecule has 0 bridgehead atoms. The van der Waals surface area contributed by atoms with E-state index >= 15 is 0 Å². The standard InChI is InChI=1S/C28H36N2O3/c1-4-28(2,3)25(31)27(33)30-20-12-11-17-24(30)26(32)29-23(22-15-9-6-10-16-22)19-18-21-13-7-5-8-14-21/h5-10,13-16,23-24H,4,11-12,17-20H2,1-3H3,(H,29,32)/t23?,24-/m0/s1. The molecule has 2 atom stereocenters. The maximum atomic E-state index is 13.4. The lowest BCUT2D eigenvalue weighted by Gasteiger charge is -2.36. The van der Waals surface area contributed by atoms with Gasteiger partial charge in [0.2, 0.25) is 11.7 Å². The Balaban J connectivity index is 1.76. The van der Waals surface area contributed by atoms with Crippen LogP contribution in [0.25, 0.3) is 0 Å². The minimum atomic E-state index is -0.724. The lowest BCUT2D eigenvalue weighted by atomic mass is 9.84. The van der Waals surface area contributed by atoms with E-state index in [0.717, 1.165) is 31.2 Å². The fraction of sp³-hybridized carbons (Fsp3) is 0.464. The summed E-state index contributed by atoms with van der Waals surface area (Å²) in [7, 11) is 0. The molecule has 1 fully saturated rings. The lowest BCUT2D eigenvalue weighted by Crippen LogP contribution is -2.55. The average Bonchev–Trinajstić information content (AvgIpc) is 2.86. The molecule has 1 aliphatic heterocycles. The van der Waals surface area contributed by atoms with Gasteiger partial charge in [-0.15, -0.1) is 0 Å². The predicted molar refractivity (Wildman–Crippen MR) is 131 cm³/mol. The maximum Gasteiger partial charge on any atom is 0.291 e. The second-order valence-electron chi connectivity index (χ2n) is 9.57. The molecule has 1 unspecified atom stereocenters. The average molecular weight is 449 g/mol. The van der Waals surface area contributed by atoms with Crippen LogP contribution in [0, 0.1) is 5.41 Å². The number of amides is 2. The number of piperidine rings is 1. The predicted octanol–water partition coefficient (Wildman–Crippen LogP) is 4.86. The first-order valence-corrected chi connectivity index (χ1v) is 12.1. The van der Waals surface area contributed by atoms with Gasteiger partial charge in [-0.3, -0.25) is 14.4 Å². The number of likely N-dealkylation sites (tertiary alicyclic amines) is 1. The summed E-state index contributed by atoms with van der Waals surface area (Å²) < 4.78 is 0. The van der Waals surface area contributed by atoms with Crippen molar-refractivity contribution in [3.8, 4) is 0 Å². The van der Waals surface area contributed by atoms with Crippen molar-refractivity contribution < 1.29 is 14.4 Å². The van der Waals surface area contributed by atoms with E-state index in [-0.39, 0.29) is 11.9 Å². The van der Waals surface area contributed by atoms with Crippen LogP contribution in [-0.4, -0.2) is 35.1 Å². The fourth-order valence-electron chi connectivity index (χ4n) is 4.26. The minimum Gasteiger partial charge on any atom is -0.347 e. The molecule has 2 amide bonds. The van der Waals surface area contributed by atoms with Crippen LogP contribution in [0.1, 0.15) is 70.0 Å². The summed E-state index contributed by atoms with van der Waals surface area (Å²) in [4.78, 5) is 40.9. The van der Waals surface area contributed by atoms with E-state index < -0.39 is 23.1 Å². The summed E-state index contributed by atoms with van der Waals surface area (Å²) in [6.45, 7) is 5.94. The van der Waals surface area contributed by atoms with Gasteiger partial charge in [-0.2, -0.15) is 0 Å². The highest BCUT2D eigenvalue weighted by Crippen LogP contribution is 2.26. The molecule has 176 valence electrons. The molecule has 1 aliphatic rings. The molecule has 1 heterocycles. The first-order valence-electron chi connectivity index (χ1n) is 12.1. The van der Waals surface area contributed by atoms with Crippen LogP contribution in [0.5, 0.6) is 0 Å². The summed E-state index contributed by atoms with van der Waals surface area (Å²) in [5.41, 5.74) is 1.53. The van der Waals surface area contributed by atoms with Gasteiger partial charge in [0.1, 0.15) is 6.04 Å². The van der Waals surface area contributed by atoms with E-state index in [2.05, 4.69) is 17.4 Å². The van der Waals surface area contributed by atoms with Gasteiger partial charge in [-0.25, -0.2) is 0 Å². The van der Waals surface area contributed by atoms with E-state index in [0.29, 0.717) is 19.4 Å². The molecule has 0 saturated carbocycles. The van der Waals surface area contributed by atoms with E-state index in [9.17, 15) is 14.4 Å². The van der Waals surface area contributed by atoms with Crippen molar-refractivity contribution in [1.82, 2.24) is 10.2 Å². The molecule has 5 heteroatoms. The molecular weight excluding hydrogens is 412 g/mol. The van der Waals surface area contributed by atoms with Crippen molar-refractivity contribution in [3.63, 3.8) is 0 Å². The number of benzene rings is 2. The molecule has 2 aromatic carbocycles. The van der Waals surface area contributed by atoms with Crippen LogP contribution in [-0.2, 0) is 20.8 Å². The first-order chi connectivity index (χ1) is 15.8. The van der Waals surface area contributed by atoms with Gasteiger partial charge >= 0.3 is 0 Å². The van der Waals surface area contributed by atoms with Crippen LogP contribution in [0.2, 0.25) is 0 Å². The SMILES string of the molecule is CCC(C)(C)C(=O)C(=O)N1CCCC[C@H]1C(=O)NC(CCc1ccccc1)c1ccccc1. The van der Waals surface area contributed by atoms with Gasteiger partial charge in [0.25, 0.3) is 5.91 Å². The van der Waals surface area contributed by atoms with Crippen LogP contribution in [0.15, 0.2) is 60.7 Å². The topological polar surface area (TPSA) is 66.5 Å². The van der Waals surface area contributed by atoms with E-state index in [1.807, 2.05) is 55.5 Å². The van der Waals surface area contributed by atoms with Crippen molar-refractivity contribution in [3.05, 3.63) is 71.8 Å². The number of carbonyl (C=O) groups excluding carboxylic acids is 3. The summed E-state index contributed by atoms with van der Waals surface area (Å²) in [5.74, 6) is -1.11. The number of aryl methyl sites for hydroxylation is 1. The highest BCUT2D eigenvalue weighted by Gasteiger charge is 2.40. The van der Waals surface area contributed by atoms with E-state index in [4.69, 9.17) is 0 Å². The number of nitrogens with zero attached hydrogens (tertiary/aromatic N) is 1. The molecule has 0 aromatic heterocycles. The van der Waals surface area contributed by atoms with Gasteiger partial charge in [-0.1, -0.05) is 81.4 Å². The Morgan fingerprint density at radius 2 is 1.64 bits per heavy atom. The second kappa shape index (κ2) is 11.3. The Bertz CT molecular complexity index is 940. The summed E-state index contributed by atoms with van der Waals surface area (Å²) in [6, 6.07) is 19.4. The van der Waals surface area contributed by atoms with Gasteiger partial charge in [-0.05, 0) is 49.7 Å². The monoisotopic (exact) mass is 448 g/mol. The van der Waals surface area contributed by atoms with Gasteiger partial charge in [0.15, 0.2) is 0 Å². The quantitative estimate of drug-likeness (QED) is 0.557. The van der Waals surface area contributed by atoms with Gasteiger partial charge in [0, 0.05) is 12.0 Å². The zero-order valence-electron chi connectivity index (χ0n) is 20.0. The zero-order chi connectivity index (χ0) is 23.8. The third-order valence-electron chi connectivity index (χ3n) is 6.84. The highest BCUT2D eigenvalue weighted by atomic mass is 16.2. The molecule has 5 nitrogen and oxygen atoms in total. The third-order valence-corrected chi connectivity index (χ3v) is 6.84. The summed E-state index contributed by atoms with van der Waals surface area (Å²) in [5, 5.41) is 3.21. The Hall–Kier alpha value is -2.95. The zero-order valence-corrected chi connectivity index (χ0v) is 20.0. The Kier molecular flexibility index (Phi) is 8.43. The fourth-order valence-corrected chi connectivity index (χ4v) is 4.26. The molecule has 33 heavy (non-hydrogen) atoms. The molecule has 3 rings (SSSR count). The van der Waals surface area contributed by atoms with Gasteiger partial charge in [0.05, 0.1) is 6.04 Å². The first kappa shape index (κ1) is 24.7. The Labute approximate surface area is 197 Å². The second-order valence-corrected chi connectivity index (χ2v) is 9.57. The number of Topliss-reactive ketones (excluding diaryl/α,β-unsaturated/α-hetero) is 1. The summed E-state index contributed by atoms with van der Waals surface area (Å²) in [6.07, 6.45) is 4.42. The number of nitrogens with one attached hydrogen (secondary N) is 1. The number of hydrogen-bond acceptors (Lipinski definition) is 3. The molecule has 0 aliphatic carbocycles. The lowest BCUT2D eigenvalue weighted by molar-refractivity contribution is -0.154. The normalized spacial score (nSPS) is 17.3. The number of hydrogen-bond donors (Lipinski definition) is 1. The minimum absolute atomic E-state index is 0.166. The third kappa shape index (κ3) is 6.31. The van der Waals surface area contributed by atoms with Crippen LogP contribution in [0.4, 0.5) is 0 Å². The largest absolute Gasteiger partial charge is 0.347 e. The molecular formula is C28H36N2O3. The van der Waals surface area contributed by atoms with Crippen LogP contribution >= 0.6 is 0 Å². The van der Waals surface area contributed by atoms with E-state index in [1.54, 1.807) is 13.8 Å². The van der Waals surface area contributed by atoms with E-state index in [1.165, 1.54) is 10.5 Å². The van der Waals surface area contributed by atoms with Crippen LogP contribution < -0.4 is 5.32 Å². The highest BCUT2D eigenvalue weighted by molar-refractivity contribution is 6.38. The van der Waals surface area contributed by atoms with Crippen molar-refractivity contribution in [2.24, 2.45) is 5.41 Å². The molecule has 1 saturated heterocycles. The molecule has 2 aromatic rings. The molecule has 0 radical (unpaired) electrons. The Morgan fingerprint density at radius 3 is 2.27 bits per heavy atom. The molecule has 1 N–H and O–H groups in total. The number of rotatable bonds is 9. The van der Waals surface area contributed by atoms with Crippen molar-refractivity contribution >= 4 is 17.6 Å². The van der Waals surface area contributed by atoms with Gasteiger partial charge < -0.3 is 10.2 Å². The molecule has 0 spiro atoms. The van der Waals surface area contributed by atoms with Crippen LogP contribution in [0.3, 0.4) is 0 Å². The summed E-state index contributed by atoms with van der Waals surface area (Å²) >= 11 is 0. The van der Waals surface area contributed by atoms with Crippen molar-refractivity contribution in [2.75, 3.05) is 6.54 Å². The Morgan fingerprint density at radius 1 is 1.00 bits per heavy atom.